The third-order valence-electron chi connectivity index (χ3n) is 3.88. The van der Waals surface area contributed by atoms with Crippen molar-refractivity contribution < 1.29 is 4.79 Å². The summed E-state index contributed by atoms with van der Waals surface area (Å²) in [6.45, 7) is 2.03. The fraction of sp³-hybridized carbons (Fsp3) is 0.312. The number of rotatable bonds is 4. The molecule has 2 aromatic heterocycles. The van der Waals surface area contributed by atoms with E-state index >= 15 is 0 Å². The van der Waals surface area contributed by atoms with Crippen LogP contribution in [0.15, 0.2) is 35.8 Å². The van der Waals surface area contributed by atoms with Gasteiger partial charge in [-0.2, -0.15) is 0 Å². The van der Waals surface area contributed by atoms with Gasteiger partial charge in [0.05, 0.1) is 17.9 Å². The molecule has 24 heavy (non-hydrogen) atoms. The second-order valence-corrected chi connectivity index (χ2v) is 7.23. The first-order valence-electron chi connectivity index (χ1n) is 7.39. The Kier molecular flexibility index (Phi) is 4.82. The van der Waals surface area contributed by atoms with E-state index < -0.39 is 5.54 Å². The molecule has 0 radical (unpaired) electrons. The van der Waals surface area contributed by atoms with E-state index in [9.17, 15) is 4.79 Å². The van der Waals surface area contributed by atoms with Crippen molar-refractivity contribution in [3.05, 3.63) is 52.8 Å². The van der Waals surface area contributed by atoms with Crippen molar-refractivity contribution in [1.29, 1.82) is 0 Å². The Labute approximate surface area is 149 Å². The topological polar surface area (TPSA) is 94.1 Å². The highest BCUT2D eigenvalue weighted by atomic mass is 35.5. The van der Waals surface area contributed by atoms with Gasteiger partial charge in [-0.15, -0.1) is 0 Å². The fourth-order valence-electron chi connectivity index (χ4n) is 2.51. The van der Waals surface area contributed by atoms with Crippen molar-refractivity contribution in [3.63, 3.8) is 0 Å². The van der Waals surface area contributed by atoms with E-state index in [0.29, 0.717) is 5.17 Å². The first-order valence-corrected chi connectivity index (χ1v) is 8.76. The zero-order valence-electron chi connectivity index (χ0n) is 13.1. The zero-order chi connectivity index (χ0) is 17.2. The van der Waals surface area contributed by atoms with Crippen LogP contribution in [-0.4, -0.2) is 31.7 Å². The molecule has 1 aliphatic rings. The monoisotopic (exact) mass is 361 g/mol. The number of carbonyl (C=O) groups is 1. The highest BCUT2D eigenvalue weighted by Crippen LogP contribution is 2.34. The summed E-state index contributed by atoms with van der Waals surface area (Å²) in [6, 6.07) is 1.96. The lowest BCUT2D eigenvalue weighted by Crippen LogP contribution is -2.29. The SMILES string of the molecule is C[C@@]1(c2cncc(CC(=O)c3cnc(Cl)cn3)c2)CCSC(N)=N1. The van der Waals surface area contributed by atoms with Crippen LogP contribution in [0, 0.1) is 0 Å². The maximum Gasteiger partial charge on any atom is 0.187 e. The second-order valence-electron chi connectivity index (χ2n) is 5.73. The molecule has 0 unspecified atom stereocenters. The third kappa shape index (κ3) is 3.73. The molecule has 0 spiro atoms. The number of amidine groups is 1. The van der Waals surface area contributed by atoms with Crippen molar-refractivity contribution in [3.8, 4) is 0 Å². The van der Waals surface area contributed by atoms with Crippen LogP contribution < -0.4 is 5.73 Å². The number of nitrogens with two attached hydrogens (primary N) is 1. The van der Waals surface area contributed by atoms with E-state index in [-0.39, 0.29) is 23.1 Å². The number of aliphatic imine (C=N–C) groups is 1. The van der Waals surface area contributed by atoms with E-state index in [1.54, 1.807) is 24.2 Å². The van der Waals surface area contributed by atoms with Gasteiger partial charge in [-0.1, -0.05) is 23.4 Å². The van der Waals surface area contributed by atoms with Gasteiger partial charge in [0.25, 0.3) is 0 Å². The van der Waals surface area contributed by atoms with Crippen LogP contribution in [0.2, 0.25) is 5.15 Å². The minimum Gasteiger partial charge on any atom is -0.379 e. The van der Waals surface area contributed by atoms with Crippen LogP contribution in [0.4, 0.5) is 0 Å². The number of ketones is 1. The summed E-state index contributed by atoms with van der Waals surface area (Å²) in [4.78, 5) is 29.0. The summed E-state index contributed by atoms with van der Waals surface area (Å²) in [5.74, 6) is 0.778. The largest absolute Gasteiger partial charge is 0.379 e. The van der Waals surface area contributed by atoms with Crippen LogP contribution in [-0.2, 0) is 12.0 Å². The molecule has 1 atom stereocenters. The van der Waals surface area contributed by atoms with Gasteiger partial charge >= 0.3 is 0 Å². The van der Waals surface area contributed by atoms with Crippen LogP contribution >= 0.6 is 23.4 Å². The highest BCUT2D eigenvalue weighted by molar-refractivity contribution is 8.13. The fourth-order valence-corrected chi connectivity index (χ4v) is 3.58. The summed E-state index contributed by atoms with van der Waals surface area (Å²) < 4.78 is 0. The Morgan fingerprint density at radius 2 is 2.17 bits per heavy atom. The molecule has 0 amide bonds. The smallest absolute Gasteiger partial charge is 0.187 e. The first-order chi connectivity index (χ1) is 11.5. The number of nitrogens with zero attached hydrogens (tertiary/aromatic N) is 4. The lowest BCUT2D eigenvalue weighted by Gasteiger charge is -2.29. The number of halogens is 1. The van der Waals surface area contributed by atoms with Crippen molar-refractivity contribution in [2.75, 3.05) is 5.75 Å². The number of pyridine rings is 1. The van der Waals surface area contributed by atoms with Gasteiger partial charge < -0.3 is 5.73 Å². The molecule has 2 aromatic rings. The van der Waals surface area contributed by atoms with E-state index in [0.717, 1.165) is 23.3 Å². The quantitative estimate of drug-likeness (QED) is 0.841. The van der Waals surface area contributed by atoms with Gasteiger partial charge in [0.15, 0.2) is 11.0 Å². The summed E-state index contributed by atoms with van der Waals surface area (Å²) in [6.07, 6.45) is 7.27. The molecular formula is C16H16ClN5OS. The molecule has 0 saturated heterocycles. The van der Waals surface area contributed by atoms with Gasteiger partial charge in [-0.3, -0.25) is 14.8 Å². The van der Waals surface area contributed by atoms with Crippen LogP contribution in [0.1, 0.15) is 35.0 Å². The summed E-state index contributed by atoms with van der Waals surface area (Å²) in [5.41, 5.74) is 7.51. The Bertz CT molecular complexity index is 795. The predicted octanol–water partition coefficient (Wildman–Crippen LogP) is 2.62. The molecule has 124 valence electrons. The molecular weight excluding hydrogens is 346 g/mol. The summed E-state index contributed by atoms with van der Waals surface area (Å²) >= 11 is 7.25. The van der Waals surface area contributed by atoms with Gasteiger partial charge in [-0.25, -0.2) is 9.97 Å². The van der Waals surface area contributed by atoms with Gasteiger partial charge in [0.1, 0.15) is 10.8 Å². The Hall–Kier alpha value is -1.99. The third-order valence-corrected chi connectivity index (χ3v) is 4.87. The molecule has 0 bridgehead atoms. The number of aromatic nitrogens is 3. The zero-order valence-corrected chi connectivity index (χ0v) is 14.6. The molecule has 8 heteroatoms. The number of carbonyl (C=O) groups excluding carboxylic acids is 1. The number of hydrogen-bond donors (Lipinski definition) is 1. The van der Waals surface area contributed by atoms with Gasteiger partial charge in [0, 0.05) is 24.6 Å². The molecule has 2 N–H and O–H groups in total. The minimum absolute atomic E-state index is 0.134. The maximum atomic E-state index is 12.3. The lowest BCUT2D eigenvalue weighted by atomic mass is 9.90. The summed E-state index contributed by atoms with van der Waals surface area (Å²) in [5, 5.41) is 0.843. The predicted molar refractivity (Wildman–Crippen MR) is 95.4 cm³/mol. The van der Waals surface area contributed by atoms with Gasteiger partial charge in [0.2, 0.25) is 0 Å². The average molecular weight is 362 g/mol. The molecule has 3 heterocycles. The maximum absolute atomic E-state index is 12.3. The van der Waals surface area contributed by atoms with Crippen LogP contribution in [0.3, 0.4) is 0 Å². The number of Topliss-reactive ketones (excluding diaryl/α,β-unsaturated/α-hetero) is 1. The van der Waals surface area contributed by atoms with E-state index in [1.807, 2.05) is 13.0 Å². The molecule has 6 nitrogen and oxygen atoms in total. The number of hydrogen-bond acceptors (Lipinski definition) is 7. The molecule has 0 saturated carbocycles. The molecule has 3 rings (SSSR count). The normalized spacial score (nSPS) is 20.5. The van der Waals surface area contributed by atoms with Crippen molar-refractivity contribution in [1.82, 2.24) is 15.0 Å². The molecule has 0 aliphatic carbocycles. The Morgan fingerprint density at radius 3 is 2.88 bits per heavy atom. The minimum atomic E-state index is -0.401. The number of thioether (sulfide) groups is 1. The van der Waals surface area contributed by atoms with Gasteiger partial charge in [-0.05, 0) is 30.5 Å². The highest BCUT2D eigenvalue weighted by Gasteiger charge is 2.30. The molecule has 1 aliphatic heterocycles. The average Bonchev–Trinajstić information content (AvgIpc) is 2.55. The van der Waals surface area contributed by atoms with Crippen LogP contribution in [0.25, 0.3) is 0 Å². The first kappa shape index (κ1) is 16.9. The second kappa shape index (κ2) is 6.86. The Morgan fingerprint density at radius 1 is 1.33 bits per heavy atom. The van der Waals surface area contributed by atoms with E-state index in [1.165, 1.54) is 12.4 Å². The lowest BCUT2D eigenvalue weighted by molar-refractivity contribution is 0.0987. The Balaban J connectivity index is 1.82. The van der Waals surface area contributed by atoms with Crippen molar-refractivity contribution in [2.45, 2.75) is 25.3 Å². The molecule has 0 aromatic carbocycles. The molecule has 0 fully saturated rings. The van der Waals surface area contributed by atoms with E-state index in [4.69, 9.17) is 17.3 Å². The van der Waals surface area contributed by atoms with E-state index in [2.05, 4.69) is 19.9 Å². The standard InChI is InChI=1S/C16H16ClN5OS/c1-16(2-3-24-15(18)22-16)11-4-10(6-19-7-11)5-13(23)12-8-21-14(17)9-20-12/h4,6-9H,2-3,5H2,1H3,(H2,18,22)/t16-/m0/s1. The van der Waals surface area contributed by atoms with Crippen molar-refractivity contribution >= 4 is 34.3 Å². The summed E-state index contributed by atoms with van der Waals surface area (Å²) in [7, 11) is 0. The van der Waals surface area contributed by atoms with Crippen molar-refractivity contribution in [2.24, 2.45) is 10.7 Å². The van der Waals surface area contributed by atoms with Crippen LogP contribution in [0.5, 0.6) is 0 Å².